The minimum absolute atomic E-state index is 0.0135. The molecule has 0 saturated carbocycles. The maximum atomic E-state index is 13.2. The lowest BCUT2D eigenvalue weighted by molar-refractivity contribution is -0.120. The molecule has 0 spiro atoms. The monoisotopic (exact) mass is 448 g/mol. The van der Waals surface area contributed by atoms with Gasteiger partial charge in [0.1, 0.15) is 11.0 Å². The molecule has 9 heteroatoms. The lowest BCUT2D eigenvalue weighted by Crippen LogP contribution is -2.35. The Bertz CT molecular complexity index is 1380. The summed E-state index contributed by atoms with van der Waals surface area (Å²) in [6.07, 6.45) is 0.255. The summed E-state index contributed by atoms with van der Waals surface area (Å²) in [5.74, 6) is -1.42. The van der Waals surface area contributed by atoms with Crippen LogP contribution >= 0.6 is 11.7 Å². The maximum Gasteiger partial charge on any atom is 0.264 e. The number of hydrogen-bond donors (Lipinski definition) is 1. The van der Waals surface area contributed by atoms with Gasteiger partial charge in [-0.15, -0.1) is 0 Å². The zero-order chi connectivity index (χ0) is 21.8. The fraction of sp³-hybridized carbons (Fsp3) is 0.0909. The van der Waals surface area contributed by atoms with Crippen LogP contribution in [0.5, 0.6) is 0 Å². The van der Waals surface area contributed by atoms with Gasteiger partial charge in [-0.3, -0.25) is 4.79 Å². The molecule has 0 saturated heterocycles. The summed E-state index contributed by atoms with van der Waals surface area (Å²) >= 11 is 1.07. The zero-order valence-electron chi connectivity index (χ0n) is 16.1. The number of nitrogens with one attached hydrogen (secondary N) is 1. The van der Waals surface area contributed by atoms with Crippen molar-refractivity contribution in [2.75, 3.05) is 0 Å². The minimum atomic E-state index is -4.02. The number of benzene rings is 3. The smallest absolute Gasteiger partial charge is 0.264 e. The molecule has 154 valence electrons. The number of nitriles is 1. The summed E-state index contributed by atoms with van der Waals surface area (Å²) in [5.41, 5.74) is 3.29. The van der Waals surface area contributed by atoms with Crippen LogP contribution < -0.4 is 4.72 Å². The largest absolute Gasteiger partial charge is 0.273 e. The van der Waals surface area contributed by atoms with Crippen molar-refractivity contribution < 1.29 is 13.2 Å². The summed E-state index contributed by atoms with van der Waals surface area (Å²) < 4.78 is 36.0. The molecular weight excluding hydrogens is 432 g/mol. The third-order valence-corrected chi connectivity index (χ3v) is 6.73. The highest BCUT2D eigenvalue weighted by atomic mass is 32.2. The third kappa shape index (κ3) is 4.60. The fourth-order valence-electron chi connectivity index (χ4n) is 3.19. The van der Waals surface area contributed by atoms with E-state index in [4.69, 9.17) is 5.26 Å². The van der Waals surface area contributed by atoms with Crippen LogP contribution in [0.15, 0.2) is 77.7 Å². The zero-order valence-corrected chi connectivity index (χ0v) is 17.7. The second-order valence-corrected chi connectivity index (χ2v) is 9.07. The molecule has 4 aromatic rings. The second-order valence-electron chi connectivity index (χ2n) is 6.86. The number of nitrogens with zero attached hydrogens (tertiary/aromatic N) is 3. The predicted octanol–water partition coefficient (Wildman–Crippen LogP) is 3.39. The predicted molar refractivity (Wildman–Crippen MR) is 117 cm³/mol. The molecule has 0 fully saturated rings. The van der Waals surface area contributed by atoms with E-state index in [0.29, 0.717) is 22.2 Å². The Labute approximate surface area is 183 Å². The number of fused-ring (bicyclic) bond motifs is 1. The highest BCUT2D eigenvalue weighted by molar-refractivity contribution is 7.90. The van der Waals surface area contributed by atoms with Gasteiger partial charge < -0.3 is 0 Å². The first-order chi connectivity index (χ1) is 15.0. The molecule has 1 heterocycles. The molecule has 0 aliphatic rings. The summed E-state index contributed by atoms with van der Waals surface area (Å²) in [6.45, 7) is 0. The molecule has 1 amide bonds. The topological polar surface area (TPSA) is 113 Å². The average Bonchev–Trinajstić information content (AvgIpc) is 3.26. The number of carbonyl (C=O) groups is 1. The Kier molecular flexibility index (Phi) is 5.75. The molecule has 4 rings (SSSR count). The van der Waals surface area contributed by atoms with E-state index >= 15 is 0 Å². The van der Waals surface area contributed by atoms with E-state index in [1.54, 1.807) is 60.7 Å². The molecule has 1 N–H and O–H groups in total. The van der Waals surface area contributed by atoms with Crippen molar-refractivity contribution in [1.29, 1.82) is 5.26 Å². The van der Waals surface area contributed by atoms with Crippen molar-refractivity contribution in [1.82, 2.24) is 13.5 Å². The quantitative estimate of drug-likeness (QED) is 0.484. The Hall–Kier alpha value is -3.61. The highest BCUT2D eigenvalue weighted by Gasteiger charge is 2.27. The van der Waals surface area contributed by atoms with Crippen LogP contribution in [-0.4, -0.2) is 23.1 Å². The molecule has 31 heavy (non-hydrogen) atoms. The maximum absolute atomic E-state index is 13.2. The van der Waals surface area contributed by atoms with Gasteiger partial charge in [0.25, 0.3) is 10.0 Å². The molecule has 1 aromatic heterocycles. The number of sulfonamides is 1. The van der Waals surface area contributed by atoms with E-state index in [9.17, 15) is 13.2 Å². The highest BCUT2D eigenvalue weighted by Crippen LogP contribution is 2.26. The van der Waals surface area contributed by atoms with Crippen LogP contribution in [0.1, 0.15) is 22.6 Å². The van der Waals surface area contributed by atoms with E-state index in [1.165, 1.54) is 12.1 Å². The minimum Gasteiger partial charge on any atom is -0.273 e. The molecular formula is C22H16N4O3S2. The lowest BCUT2D eigenvalue weighted by atomic mass is 9.91. The van der Waals surface area contributed by atoms with Gasteiger partial charge >= 0.3 is 0 Å². The van der Waals surface area contributed by atoms with Gasteiger partial charge in [0.15, 0.2) is 0 Å². The van der Waals surface area contributed by atoms with Crippen LogP contribution in [0.4, 0.5) is 0 Å². The van der Waals surface area contributed by atoms with E-state index < -0.39 is 21.8 Å². The molecule has 1 atom stereocenters. The number of carbonyl (C=O) groups excluding carboxylic acids is 1. The fourth-order valence-corrected chi connectivity index (χ4v) is 4.75. The molecule has 1 unspecified atom stereocenters. The number of rotatable bonds is 6. The first kappa shape index (κ1) is 20.7. The van der Waals surface area contributed by atoms with E-state index in [-0.39, 0.29) is 11.3 Å². The molecule has 0 aliphatic carbocycles. The number of amides is 1. The summed E-state index contributed by atoms with van der Waals surface area (Å²) in [5, 5.41) is 9.00. The van der Waals surface area contributed by atoms with Gasteiger partial charge in [0.2, 0.25) is 5.91 Å². The van der Waals surface area contributed by atoms with Crippen molar-refractivity contribution in [2.45, 2.75) is 17.2 Å². The van der Waals surface area contributed by atoms with Gasteiger partial charge in [-0.1, -0.05) is 36.4 Å². The third-order valence-electron chi connectivity index (χ3n) is 4.81. The van der Waals surface area contributed by atoms with Crippen molar-refractivity contribution in [2.24, 2.45) is 0 Å². The van der Waals surface area contributed by atoms with Gasteiger partial charge in [-0.25, -0.2) is 13.1 Å². The van der Waals surface area contributed by atoms with Gasteiger partial charge in [-0.2, -0.15) is 14.0 Å². The Morgan fingerprint density at radius 2 is 1.71 bits per heavy atom. The Morgan fingerprint density at radius 1 is 1.00 bits per heavy atom. The molecule has 7 nitrogen and oxygen atoms in total. The van der Waals surface area contributed by atoms with Crippen LogP contribution in [0.3, 0.4) is 0 Å². The van der Waals surface area contributed by atoms with Crippen molar-refractivity contribution >= 4 is 38.7 Å². The lowest BCUT2D eigenvalue weighted by Gasteiger charge is -2.18. The van der Waals surface area contributed by atoms with Crippen molar-refractivity contribution in [3.8, 4) is 6.07 Å². The first-order valence-corrected chi connectivity index (χ1v) is 11.5. The van der Waals surface area contributed by atoms with Crippen molar-refractivity contribution in [3.63, 3.8) is 0 Å². The van der Waals surface area contributed by atoms with Crippen LogP contribution in [0.2, 0.25) is 0 Å². The summed E-state index contributed by atoms with van der Waals surface area (Å²) in [4.78, 5) is 13.2. The van der Waals surface area contributed by atoms with Crippen LogP contribution in [0, 0.1) is 11.3 Å². The standard InChI is InChI=1S/C22H16N4O3S2/c23-14-16-8-6-15(7-9-16)12-19(17-10-11-20-21(13-17)25-30-24-20)22(27)26-31(28,29)18-4-2-1-3-5-18/h1-11,13,19H,12H2,(H,26,27). The molecule has 0 aliphatic heterocycles. The average molecular weight is 449 g/mol. The Balaban J connectivity index is 1.68. The molecule has 0 bridgehead atoms. The van der Waals surface area contributed by atoms with Crippen molar-refractivity contribution in [3.05, 3.63) is 89.5 Å². The van der Waals surface area contributed by atoms with Gasteiger partial charge in [-0.05, 0) is 53.9 Å². The van der Waals surface area contributed by atoms with Crippen LogP contribution in [0.25, 0.3) is 11.0 Å². The second kappa shape index (κ2) is 8.63. The van der Waals surface area contributed by atoms with E-state index in [1.807, 2.05) is 0 Å². The van der Waals surface area contributed by atoms with E-state index in [0.717, 1.165) is 17.3 Å². The van der Waals surface area contributed by atoms with Gasteiger partial charge in [0, 0.05) is 0 Å². The normalized spacial score (nSPS) is 12.2. The summed E-state index contributed by atoms with van der Waals surface area (Å²) in [6, 6.07) is 21.9. The SMILES string of the molecule is N#Cc1ccc(CC(C(=O)NS(=O)(=O)c2ccccc2)c2ccc3nsnc3c2)cc1. The van der Waals surface area contributed by atoms with Crippen LogP contribution in [-0.2, 0) is 21.2 Å². The summed E-state index contributed by atoms with van der Waals surface area (Å²) in [7, 11) is -4.02. The molecule has 0 radical (unpaired) electrons. The van der Waals surface area contributed by atoms with Gasteiger partial charge in [0.05, 0.1) is 34.2 Å². The molecule has 3 aromatic carbocycles. The first-order valence-electron chi connectivity index (χ1n) is 9.29. The number of hydrogen-bond acceptors (Lipinski definition) is 7. The Morgan fingerprint density at radius 3 is 2.42 bits per heavy atom. The van der Waals surface area contributed by atoms with E-state index in [2.05, 4.69) is 19.5 Å². The number of aromatic nitrogens is 2.